The molecule has 1 aromatic carbocycles. The van der Waals surface area contributed by atoms with E-state index in [0.717, 1.165) is 25.7 Å². The van der Waals surface area contributed by atoms with Crippen LogP contribution in [0.15, 0.2) is 24.3 Å². The number of rotatable bonds is 26. The number of hydrogen-bond donors (Lipinski definition) is 0. The Morgan fingerprint density at radius 2 is 0.882 bits per heavy atom. The highest BCUT2D eigenvalue weighted by atomic mass is 16.6. The summed E-state index contributed by atoms with van der Waals surface area (Å²) in [5, 5.41) is 0. The molecule has 1 aromatic rings. The van der Waals surface area contributed by atoms with Gasteiger partial charge in [-0.1, -0.05) is 13.3 Å². The fraction of sp³-hybridized carbons (Fsp3) is 0.720. The molecule has 0 fully saturated rings. The van der Waals surface area contributed by atoms with E-state index in [9.17, 15) is 4.79 Å². The van der Waals surface area contributed by atoms with Crippen molar-refractivity contribution in [1.29, 1.82) is 0 Å². The maximum Gasteiger partial charge on any atom is 0.150 e. The van der Waals surface area contributed by atoms with Gasteiger partial charge in [0.25, 0.3) is 0 Å². The van der Waals surface area contributed by atoms with Gasteiger partial charge in [0, 0.05) is 12.2 Å². The van der Waals surface area contributed by atoms with Gasteiger partial charge in [0.2, 0.25) is 0 Å². The van der Waals surface area contributed by atoms with Crippen LogP contribution in [0, 0.1) is 0 Å². The molecule has 0 N–H and O–H groups in total. The van der Waals surface area contributed by atoms with Gasteiger partial charge >= 0.3 is 0 Å². The molecule has 0 radical (unpaired) electrons. The Kier molecular flexibility index (Phi) is 22.0. The highest BCUT2D eigenvalue weighted by Gasteiger charge is 1.97. The standard InChI is InChI=1S/C25H42O9/c1-2-3-8-27-9-10-28-11-12-29-13-14-30-15-16-31-17-18-32-19-20-33-21-22-34-25-6-4-24(23-26)5-7-25/h4-7,23H,2-3,8-22H2,1H3. The van der Waals surface area contributed by atoms with Crippen molar-refractivity contribution in [2.45, 2.75) is 19.8 Å². The molecule has 0 aromatic heterocycles. The smallest absolute Gasteiger partial charge is 0.150 e. The molecule has 0 saturated carbocycles. The van der Waals surface area contributed by atoms with Crippen LogP contribution in [0.3, 0.4) is 0 Å². The van der Waals surface area contributed by atoms with Crippen molar-refractivity contribution in [3.05, 3.63) is 29.8 Å². The van der Waals surface area contributed by atoms with Crippen LogP contribution >= 0.6 is 0 Å². The summed E-state index contributed by atoms with van der Waals surface area (Å²) < 4.78 is 43.6. The van der Waals surface area contributed by atoms with E-state index in [2.05, 4.69) is 6.92 Å². The zero-order valence-electron chi connectivity index (χ0n) is 20.6. The Balaban J connectivity index is 1.68. The van der Waals surface area contributed by atoms with Crippen LogP contribution < -0.4 is 4.74 Å². The Morgan fingerprint density at radius 3 is 1.24 bits per heavy atom. The molecule has 0 spiro atoms. The van der Waals surface area contributed by atoms with E-state index >= 15 is 0 Å². The lowest BCUT2D eigenvalue weighted by Crippen LogP contribution is -2.15. The molecule has 196 valence electrons. The highest BCUT2D eigenvalue weighted by Crippen LogP contribution is 2.10. The lowest BCUT2D eigenvalue weighted by molar-refractivity contribution is -0.0212. The molecule has 0 saturated heterocycles. The van der Waals surface area contributed by atoms with Gasteiger partial charge in [0.15, 0.2) is 0 Å². The normalized spacial score (nSPS) is 11.1. The van der Waals surface area contributed by atoms with Gasteiger partial charge in [-0.2, -0.15) is 0 Å². The minimum absolute atomic E-state index is 0.441. The van der Waals surface area contributed by atoms with E-state index in [-0.39, 0.29) is 0 Å². The zero-order valence-corrected chi connectivity index (χ0v) is 20.6. The molecular weight excluding hydrogens is 444 g/mol. The maximum atomic E-state index is 10.6. The number of ether oxygens (including phenoxy) is 8. The van der Waals surface area contributed by atoms with E-state index < -0.39 is 0 Å². The summed E-state index contributed by atoms with van der Waals surface area (Å²) in [5.74, 6) is 0.712. The lowest BCUT2D eigenvalue weighted by Gasteiger charge is -2.09. The molecule has 1 rings (SSSR count). The second kappa shape index (κ2) is 24.5. The molecular formula is C25H42O9. The monoisotopic (exact) mass is 486 g/mol. The Labute approximate surface area is 203 Å². The molecule has 9 nitrogen and oxygen atoms in total. The van der Waals surface area contributed by atoms with Gasteiger partial charge in [-0.3, -0.25) is 4.79 Å². The maximum absolute atomic E-state index is 10.6. The molecule has 0 aliphatic heterocycles. The van der Waals surface area contributed by atoms with Gasteiger partial charge in [0.1, 0.15) is 18.6 Å². The third-order valence-corrected chi connectivity index (χ3v) is 4.39. The summed E-state index contributed by atoms with van der Waals surface area (Å²) in [7, 11) is 0. The fourth-order valence-corrected chi connectivity index (χ4v) is 2.53. The molecule has 0 atom stereocenters. The summed E-state index contributed by atoms with van der Waals surface area (Å²) in [6.07, 6.45) is 3.04. The van der Waals surface area contributed by atoms with Crippen molar-refractivity contribution < 1.29 is 42.7 Å². The molecule has 34 heavy (non-hydrogen) atoms. The first-order valence-electron chi connectivity index (χ1n) is 12.1. The topological polar surface area (TPSA) is 90.9 Å². The predicted molar refractivity (Wildman–Crippen MR) is 128 cm³/mol. The van der Waals surface area contributed by atoms with Crippen LogP contribution in [0.1, 0.15) is 30.1 Å². The molecule has 9 heteroatoms. The van der Waals surface area contributed by atoms with E-state index in [0.29, 0.717) is 104 Å². The number of benzene rings is 1. The molecule has 0 amide bonds. The minimum Gasteiger partial charge on any atom is -0.491 e. The van der Waals surface area contributed by atoms with Crippen LogP contribution in [0.5, 0.6) is 5.75 Å². The van der Waals surface area contributed by atoms with Gasteiger partial charge in [-0.25, -0.2) is 0 Å². The quantitative estimate of drug-likeness (QED) is 0.145. The van der Waals surface area contributed by atoms with Crippen molar-refractivity contribution in [3.63, 3.8) is 0 Å². The SMILES string of the molecule is CCCCOCCOCCOCCOCCOCCOCCOCCOc1ccc(C=O)cc1. The van der Waals surface area contributed by atoms with Crippen molar-refractivity contribution in [1.82, 2.24) is 0 Å². The predicted octanol–water partition coefficient (Wildman–Crippen LogP) is 2.79. The number of unbranched alkanes of at least 4 members (excludes halogenated alkanes) is 1. The average Bonchev–Trinajstić information content (AvgIpc) is 2.87. The number of hydrogen-bond acceptors (Lipinski definition) is 9. The summed E-state index contributed by atoms with van der Waals surface area (Å²) >= 11 is 0. The third kappa shape index (κ3) is 19.8. The second-order valence-corrected chi connectivity index (χ2v) is 7.18. The minimum atomic E-state index is 0.441. The first-order chi connectivity index (χ1) is 16.9. The first-order valence-corrected chi connectivity index (χ1v) is 12.1. The van der Waals surface area contributed by atoms with E-state index in [1.807, 2.05) is 0 Å². The Bertz CT molecular complexity index is 554. The zero-order chi connectivity index (χ0) is 24.4. The van der Waals surface area contributed by atoms with Crippen LogP contribution in [-0.4, -0.2) is 105 Å². The summed E-state index contributed by atoms with van der Waals surface area (Å²) in [6.45, 7) is 10.4. The van der Waals surface area contributed by atoms with Crippen LogP contribution in [0.4, 0.5) is 0 Å². The third-order valence-electron chi connectivity index (χ3n) is 4.39. The summed E-state index contributed by atoms with van der Waals surface area (Å²) in [4.78, 5) is 10.6. The lowest BCUT2D eigenvalue weighted by atomic mass is 10.2. The summed E-state index contributed by atoms with van der Waals surface area (Å²) in [6, 6.07) is 6.95. The molecule has 0 aliphatic carbocycles. The molecule has 0 bridgehead atoms. The van der Waals surface area contributed by atoms with Crippen molar-refractivity contribution in [3.8, 4) is 5.75 Å². The van der Waals surface area contributed by atoms with Gasteiger partial charge in [-0.05, 0) is 30.7 Å². The van der Waals surface area contributed by atoms with Gasteiger partial charge < -0.3 is 37.9 Å². The second-order valence-electron chi connectivity index (χ2n) is 7.18. The number of carbonyl (C=O) groups excluding carboxylic acids is 1. The number of carbonyl (C=O) groups is 1. The summed E-state index contributed by atoms with van der Waals surface area (Å²) in [5.41, 5.74) is 0.624. The fourth-order valence-electron chi connectivity index (χ4n) is 2.53. The van der Waals surface area contributed by atoms with Crippen molar-refractivity contribution >= 4 is 6.29 Å². The van der Waals surface area contributed by atoms with Crippen LogP contribution in [-0.2, 0) is 33.2 Å². The van der Waals surface area contributed by atoms with Gasteiger partial charge in [0.05, 0.1) is 85.9 Å². The van der Waals surface area contributed by atoms with Crippen molar-refractivity contribution in [2.75, 3.05) is 99.1 Å². The first kappa shape index (κ1) is 30.4. The molecule has 0 aliphatic rings. The van der Waals surface area contributed by atoms with Gasteiger partial charge in [-0.15, -0.1) is 0 Å². The highest BCUT2D eigenvalue weighted by molar-refractivity contribution is 5.74. The largest absolute Gasteiger partial charge is 0.491 e. The number of aldehydes is 1. The van der Waals surface area contributed by atoms with E-state index in [1.54, 1.807) is 24.3 Å². The van der Waals surface area contributed by atoms with E-state index in [4.69, 9.17) is 37.9 Å². The Morgan fingerprint density at radius 1 is 0.529 bits per heavy atom. The molecule has 0 heterocycles. The molecule has 0 unspecified atom stereocenters. The van der Waals surface area contributed by atoms with E-state index in [1.165, 1.54) is 0 Å². The van der Waals surface area contributed by atoms with Crippen molar-refractivity contribution in [2.24, 2.45) is 0 Å². The van der Waals surface area contributed by atoms with Crippen LogP contribution in [0.2, 0.25) is 0 Å². The average molecular weight is 487 g/mol. The Hall–Kier alpha value is -1.59. The van der Waals surface area contributed by atoms with Crippen LogP contribution in [0.25, 0.3) is 0 Å².